The third-order valence-corrected chi connectivity index (χ3v) is 0.983. The maximum atomic E-state index is 4.76. The van der Waals surface area contributed by atoms with Crippen LogP contribution in [0.3, 0.4) is 0 Å². The SMILES string of the molecule is C1=COCOC1.c1ccoc1. The molecule has 0 bridgehead atoms. The third-order valence-electron chi connectivity index (χ3n) is 0.983. The van der Waals surface area contributed by atoms with Gasteiger partial charge in [-0.2, -0.15) is 0 Å². The molecule has 0 fully saturated rings. The first kappa shape index (κ1) is 7.88. The Morgan fingerprint density at radius 3 is 2.09 bits per heavy atom. The summed E-state index contributed by atoms with van der Waals surface area (Å²) in [5, 5.41) is 0. The van der Waals surface area contributed by atoms with Crippen LogP contribution in [0, 0.1) is 0 Å². The first-order valence-corrected chi connectivity index (χ1v) is 3.31. The van der Waals surface area contributed by atoms with Crippen LogP contribution < -0.4 is 0 Å². The van der Waals surface area contributed by atoms with Crippen LogP contribution in [-0.4, -0.2) is 13.4 Å². The molecule has 0 saturated carbocycles. The molecule has 1 aliphatic rings. The quantitative estimate of drug-likeness (QED) is 0.570. The number of hydrogen-bond acceptors (Lipinski definition) is 3. The number of furan rings is 1. The van der Waals surface area contributed by atoms with Gasteiger partial charge in [0.05, 0.1) is 25.4 Å². The molecule has 1 aromatic heterocycles. The molecule has 0 unspecified atom stereocenters. The van der Waals surface area contributed by atoms with E-state index >= 15 is 0 Å². The van der Waals surface area contributed by atoms with Crippen molar-refractivity contribution in [3.05, 3.63) is 37.0 Å². The van der Waals surface area contributed by atoms with E-state index < -0.39 is 0 Å². The molecule has 1 aromatic rings. The Morgan fingerprint density at radius 1 is 1.09 bits per heavy atom. The van der Waals surface area contributed by atoms with Crippen molar-refractivity contribution in [1.29, 1.82) is 0 Å². The van der Waals surface area contributed by atoms with E-state index in [2.05, 4.69) is 9.15 Å². The van der Waals surface area contributed by atoms with Gasteiger partial charge in [-0.15, -0.1) is 0 Å². The van der Waals surface area contributed by atoms with E-state index in [1.807, 2.05) is 18.2 Å². The summed E-state index contributed by atoms with van der Waals surface area (Å²) >= 11 is 0. The Balaban J connectivity index is 0.000000112. The summed E-state index contributed by atoms with van der Waals surface area (Å²) in [6, 6.07) is 3.67. The van der Waals surface area contributed by atoms with Crippen molar-refractivity contribution in [2.24, 2.45) is 0 Å². The molecule has 0 atom stereocenters. The standard InChI is InChI=1S/C4H6O2.C4H4O/c1-2-5-4-6-3-1;1-2-4-5-3-1/h1-2H,3-4H2;1-4H. The second kappa shape index (κ2) is 5.56. The van der Waals surface area contributed by atoms with Gasteiger partial charge in [-0.25, -0.2) is 0 Å². The Kier molecular flexibility index (Phi) is 3.98. The number of hydrogen-bond donors (Lipinski definition) is 0. The largest absolute Gasteiger partial charge is 0.475 e. The van der Waals surface area contributed by atoms with Crippen molar-refractivity contribution in [2.45, 2.75) is 0 Å². The minimum absolute atomic E-state index is 0.413. The molecule has 0 saturated heterocycles. The topological polar surface area (TPSA) is 31.6 Å². The van der Waals surface area contributed by atoms with E-state index in [1.165, 1.54) is 0 Å². The highest BCUT2D eigenvalue weighted by molar-refractivity contribution is 4.79. The Hall–Kier alpha value is -1.22. The highest BCUT2D eigenvalue weighted by atomic mass is 16.7. The molecule has 2 rings (SSSR count). The first-order valence-electron chi connectivity index (χ1n) is 3.31. The van der Waals surface area contributed by atoms with E-state index in [4.69, 9.17) is 4.74 Å². The first-order chi connectivity index (χ1) is 5.50. The summed E-state index contributed by atoms with van der Waals surface area (Å²) in [5.41, 5.74) is 0. The van der Waals surface area contributed by atoms with Gasteiger partial charge in [-0.1, -0.05) is 0 Å². The fourth-order valence-electron chi connectivity index (χ4n) is 0.538. The molecule has 0 amide bonds. The zero-order valence-corrected chi connectivity index (χ0v) is 6.10. The molecule has 2 heterocycles. The van der Waals surface area contributed by atoms with Crippen molar-refractivity contribution in [3.8, 4) is 0 Å². The predicted octanol–water partition coefficient (Wildman–Crippen LogP) is 1.78. The normalized spacial score (nSPS) is 14.5. The summed E-state index contributed by atoms with van der Waals surface area (Å²) in [4.78, 5) is 0. The van der Waals surface area contributed by atoms with Gasteiger partial charge in [0.2, 0.25) is 0 Å². The lowest BCUT2D eigenvalue weighted by Crippen LogP contribution is -1.99. The number of ether oxygens (including phenoxy) is 2. The van der Waals surface area contributed by atoms with Crippen LogP contribution in [0.1, 0.15) is 0 Å². The van der Waals surface area contributed by atoms with Crippen molar-refractivity contribution >= 4 is 0 Å². The van der Waals surface area contributed by atoms with E-state index in [1.54, 1.807) is 18.8 Å². The molecule has 3 nitrogen and oxygen atoms in total. The van der Waals surface area contributed by atoms with E-state index in [-0.39, 0.29) is 0 Å². The lowest BCUT2D eigenvalue weighted by molar-refractivity contribution is -0.0147. The van der Waals surface area contributed by atoms with Gasteiger partial charge in [0.1, 0.15) is 0 Å². The molecule has 1 aliphatic heterocycles. The highest BCUT2D eigenvalue weighted by Gasteiger charge is 1.84. The Labute approximate surface area is 65.2 Å². The smallest absolute Gasteiger partial charge is 0.188 e. The van der Waals surface area contributed by atoms with Gasteiger partial charge in [0.25, 0.3) is 0 Å². The van der Waals surface area contributed by atoms with Crippen LogP contribution >= 0.6 is 0 Å². The van der Waals surface area contributed by atoms with E-state index in [0.717, 1.165) is 0 Å². The average Bonchev–Trinajstić information content (AvgIpc) is 2.64. The lowest BCUT2D eigenvalue weighted by Gasteiger charge is -2.03. The predicted molar refractivity (Wildman–Crippen MR) is 39.8 cm³/mol. The Morgan fingerprint density at radius 2 is 1.91 bits per heavy atom. The van der Waals surface area contributed by atoms with E-state index in [0.29, 0.717) is 13.4 Å². The highest BCUT2D eigenvalue weighted by Crippen LogP contribution is 1.87. The summed E-state index contributed by atoms with van der Waals surface area (Å²) in [6.45, 7) is 1.11. The minimum atomic E-state index is 0.413. The minimum Gasteiger partial charge on any atom is -0.475 e. The van der Waals surface area contributed by atoms with Gasteiger partial charge in [-0.3, -0.25) is 0 Å². The van der Waals surface area contributed by atoms with Gasteiger partial charge in [0.15, 0.2) is 6.79 Å². The zero-order chi connectivity index (χ0) is 7.78. The maximum Gasteiger partial charge on any atom is 0.188 e. The van der Waals surface area contributed by atoms with Crippen molar-refractivity contribution in [1.82, 2.24) is 0 Å². The van der Waals surface area contributed by atoms with Gasteiger partial charge >= 0.3 is 0 Å². The molecule has 0 aromatic carbocycles. The molecule has 0 aliphatic carbocycles. The zero-order valence-electron chi connectivity index (χ0n) is 6.10. The fourth-order valence-corrected chi connectivity index (χ4v) is 0.538. The summed E-state index contributed by atoms with van der Waals surface area (Å²) in [6.07, 6.45) is 6.72. The van der Waals surface area contributed by atoms with Crippen LogP contribution in [0.4, 0.5) is 0 Å². The molecule has 0 radical (unpaired) electrons. The van der Waals surface area contributed by atoms with Crippen molar-refractivity contribution < 1.29 is 13.9 Å². The van der Waals surface area contributed by atoms with Gasteiger partial charge in [0, 0.05) is 0 Å². The van der Waals surface area contributed by atoms with Crippen LogP contribution in [0.15, 0.2) is 41.4 Å². The van der Waals surface area contributed by atoms with Crippen LogP contribution in [0.2, 0.25) is 0 Å². The molecular weight excluding hydrogens is 144 g/mol. The maximum absolute atomic E-state index is 4.76. The second-order valence-corrected chi connectivity index (χ2v) is 1.82. The third kappa shape index (κ3) is 4.22. The molecule has 11 heavy (non-hydrogen) atoms. The molecule has 0 spiro atoms. The van der Waals surface area contributed by atoms with Crippen LogP contribution in [-0.2, 0) is 9.47 Å². The molecule has 0 N–H and O–H groups in total. The van der Waals surface area contributed by atoms with E-state index in [9.17, 15) is 0 Å². The summed E-state index contributed by atoms with van der Waals surface area (Å²) < 4.78 is 14.0. The van der Waals surface area contributed by atoms with Gasteiger partial charge in [-0.05, 0) is 18.2 Å². The molecule has 60 valence electrons. The summed E-state index contributed by atoms with van der Waals surface area (Å²) in [5.74, 6) is 0. The van der Waals surface area contributed by atoms with Crippen LogP contribution in [0.5, 0.6) is 0 Å². The fraction of sp³-hybridized carbons (Fsp3) is 0.250. The number of rotatable bonds is 0. The second-order valence-electron chi connectivity index (χ2n) is 1.82. The monoisotopic (exact) mass is 154 g/mol. The van der Waals surface area contributed by atoms with Gasteiger partial charge < -0.3 is 13.9 Å². The Bertz CT molecular complexity index is 154. The molecule has 3 heteroatoms. The van der Waals surface area contributed by atoms with Crippen molar-refractivity contribution in [2.75, 3.05) is 13.4 Å². The lowest BCUT2D eigenvalue weighted by atomic mass is 10.7. The molecular formula is C8H10O3. The average molecular weight is 154 g/mol. The summed E-state index contributed by atoms with van der Waals surface area (Å²) in [7, 11) is 0. The van der Waals surface area contributed by atoms with Crippen LogP contribution in [0.25, 0.3) is 0 Å². The van der Waals surface area contributed by atoms with Crippen molar-refractivity contribution in [3.63, 3.8) is 0 Å².